The minimum absolute atomic E-state index is 0.0801. The van der Waals surface area contributed by atoms with Crippen LogP contribution in [-0.2, 0) is 9.59 Å². The molecule has 2 aromatic carbocycles. The van der Waals surface area contributed by atoms with Crippen LogP contribution in [0.3, 0.4) is 0 Å². The zero-order valence-electron chi connectivity index (χ0n) is 18.8. The maximum atomic E-state index is 13.4. The van der Waals surface area contributed by atoms with E-state index in [-0.39, 0.29) is 28.5 Å². The van der Waals surface area contributed by atoms with Crippen molar-refractivity contribution in [3.63, 3.8) is 0 Å². The fourth-order valence-electron chi connectivity index (χ4n) is 3.87. The maximum Gasteiger partial charge on any atom is 0.301 e. The molecule has 10 heteroatoms. The molecule has 1 N–H and O–H groups in total. The van der Waals surface area contributed by atoms with Crippen molar-refractivity contribution in [2.45, 2.75) is 13.0 Å². The predicted octanol–water partition coefficient (Wildman–Crippen LogP) is 3.77. The van der Waals surface area contributed by atoms with E-state index in [0.717, 1.165) is 17.0 Å². The van der Waals surface area contributed by atoms with Gasteiger partial charge in [0.1, 0.15) is 17.3 Å². The summed E-state index contributed by atoms with van der Waals surface area (Å²) in [7, 11) is 4.30. The molecular weight excluding hydrogens is 447 g/mol. The van der Waals surface area contributed by atoms with Gasteiger partial charge in [-0.2, -0.15) is 0 Å². The molecule has 1 fully saturated rings. The van der Waals surface area contributed by atoms with Crippen LogP contribution in [0, 0.1) is 12.7 Å². The van der Waals surface area contributed by atoms with Gasteiger partial charge in [-0.1, -0.05) is 5.16 Å². The van der Waals surface area contributed by atoms with Gasteiger partial charge in [-0.3, -0.25) is 14.5 Å². The number of carbonyl (C=O) groups excluding carboxylic acids is 2. The highest BCUT2D eigenvalue weighted by Crippen LogP contribution is 2.46. The Morgan fingerprint density at radius 2 is 1.65 bits per heavy atom. The summed E-state index contributed by atoms with van der Waals surface area (Å²) in [6.45, 7) is 1.64. The van der Waals surface area contributed by atoms with Crippen molar-refractivity contribution in [3.05, 3.63) is 70.7 Å². The van der Waals surface area contributed by atoms with E-state index >= 15 is 0 Å². The number of methoxy groups -OCH3 is 3. The van der Waals surface area contributed by atoms with Crippen LogP contribution in [0.2, 0.25) is 0 Å². The number of nitrogens with zero attached hydrogens (tertiary/aromatic N) is 2. The number of carbonyl (C=O) groups is 2. The Balaban J connectivity index is 2.00. The van der Waals surface area contributed by atoms with Gasteiger partial charge in [0, 0.05) is 11.6 Å². The van der Waals surface area contributed by atoms with E-state index in [9.17, 15) is 19.1 Å². The van der Waals surface area contributed by atoms with E-state index in [1.54, 1.807) is 19.1 Å². The first-order valence-electron chi connectivity index (χ1n) is 10.1. The predicted molar refractivity (Wildman–Crippen MR) is 119 cm³/mol. The minimum Gasteiger partial charge on any atom is -0.507 e. The van der Waals surface area contributed by atoms with Crippen LogP contribution in [0.4, 0.5) is 10.2 Å². The van der Waals surface area contributed by atoms with Gasteiger partial charge in [0.05, 0.1) is 32.9 Å². The highest BCUT2D eigenvalue weighted by atomic mass is 19.1. The molecule has 1 saturated heterocycles. The lowest BCUT2D eigenvalue weighted by Gasteiger charge is -2.24. The average Bonchev–Trinajstić information content (AvgIpc) is 3.38. The van der Waals surface area contributed by atoms with Gasteiger partial charge in [0.15, 0.2) is 17.3 Å². The molecule has 0 spiro atoms. The number of Topliss-reactive ketones (excluding diaryl/α,β-unsaturated/α-hetero) is 1. The Labute approximate surface area is 193 Å². The van der Waals surface area contributed by atoms with Crippen molar-refractivity contribution in [2.24, 2.45) is 0 Å². The summed E-state index contributed by atoms with van der Waals surface area (Å²) < 4.78 is 34.8. The quantitative estimate of drug-likeness (QED) is 0.331. The largest absolute Gasteiger partial charge is 0.507 e. The van der Waals surface area contributed by atoms with Crippen LogP contribution in [0.25, 0.3) is 5.76 Å². The molecule has 0 saturated carbocycles. The van der Waals surface area contributed by atoms with Gasteiger partial charge in [-0.05, 0) is 48.9 Å². The Kier molecular flexibility index (Phi) is 5.97. The Hall–Kier alpha value is -4.34. The molecule has 3 aromatic rings. The summed E-state index contributed by atoms with van der Waals surface area (Å²) in [4.78, 5) is 27.4. The maximum absolute atomic E-state index is 13.4. The van der Waals surface area contributed by atoms with Gasteiger partial charge in [0.2, 0.25) is 5.75 Å². The second-order valence-electron chi connectivity index (χ2n) is 7.43. The number of anilines is 1. The summed E-state index contributed by atoms with van der Waals surface area (Å²) >= 11 is 0. The third-order valence-electron chi connectivity index (χ3n) is 5.43. The van der Waals surface area contributed by atoms with Crippen molar-refractivity contribution in [3.8, 4) is 17.2 Å². The van der Waals surface area contributed by atoms with E-state index in [0.29, 0.717) is 17.1 Å². The number of aryl methyl sites for hydroxylation is 1. The molecule has 1 aliphatic rings. The zero-order chi connectivity index (χ0) is 24.6. The fourth-order valence-corrected chi connectivity index (χ4v) is 3.87. The first-order valence-corrected chi connectivity index (χ1v) is 10.1. The van der Waals surface area contributed by atoms with Crippen molar-refractivity contribution in [1.29, 1.82) is 0 Å². The van der Waals surface area contributed by atoms with Crippen LogP contribution in [0.5, 0.6) is 17.2 Å². The molecule has 0 bridgehead atoms. The monoisotopic (exact) mass is 468 g/mol. The number of hydrogen-bond acceptors (Lipinski definition) is 8. The van der Waals surface area contributed by atoms with Crippen LogP contribution in [0.1, 0.15) is 22.9 Å². The van der Waals surface area contributed by atoms with Crippen LogP contribution in [-0.4, -0.2) is 43.3 Å². The summed E-state index contributed by atoms with van der Waals surface area (Å²) in [6.07, 6.45) is 0. The molecule has 176 valence electrons. The van der Waals surface area contributed by atoms with Crippen molar-refractivity contribution in [1.82, 2.24) is 5.16 Å². The number of halogens is 1. The Bertz CT molecular complexity index is 1270. The molecule has 1 atom stereocenters. The van der Waals surface area contributed by atoms with Crippen molar-refractivity contribution >= 4 is 23.3 Å². The number of aromatic nitrogens is 1. The van der Waals surface area contributed by atoms with E-state index in [4.69, 9.17) is 18.7 Å². The molecule has 0 radical (unpaired) electrons. The number of aliphatic hydroxyl groups excluding tert-OH is 1. The molecule has 34 heavy (non-hydrogen) atoms. The number of benzene rings is 2. The first-order chi connectivity index (χ1) is 16.3. The molecule has 1 aromatic heterocycles. The van der Waals surface area contributed by atoms with E-state index < -0.39 is 29.3 Å². The normalized spacial score (nSPS) is 17.2. The third kappa shape index (κ3) is 3.72. The summed E-state index contributed by atoms with van der Waals surface area (Å²) in [6, 6.07) is 8.40. The molecule has 4 rings (SSSR count). The number of hydrogen-bond donors (Lipinski definition) is 1. The highest BCUT2D eigenvalue weighted by Gasteiger charge is 2.48. The summed E-state index contributed by atoms with van der Waals surface area (Å²) in [5.41, 5.74) is 0.317. The van der Waals surface area contributed by atoms with Crippen molar-refractivity contribution < 1.29 is 37.8 Å². The minimum atomic E-state index is -1.12. The number of ether oxygens (including phenoxy) is 3. The molecule has 2 heterocycles. The Morgan fingerprint density at radius 3 is 2.15 bits per heavy atom. The molecule has 1 aliphatic heterocycles. The summed E-state index contributed by atoms with van der Waals surface area (Å²) in [5.74, 6) is -1.49. The molecule has 9 nitrogen and oxygen atoms in total. The van der Waals surface area contributed by atoms with E-state index in [1.807, 2.05) is 0 Å². The number of rotatable bonds is 6. The number of ketones is 1. The third-order valence-corrected chi connectivity index (χ3v) is 5.43. The SMILES string of the molecule is COc1cc(C2C(=C(O)c3ccc(F)cc3)C(=O)C(=O)N2c2cc(C)on2)cc(OC)c1OC. The standard InChI is InChI=1S/C24H21FN2O7/c1-12-9-18(26-34-12)27-20(14-10-16(31-2)23(33-4)17(11-14)32-3)19(22(29)24(27)30)21(28)13-5-7-15(25)8-6-13/h5-11,20,28H,1-4H3. The Morgan fingerprint density at radius 1 is 1.03 bits per heavy atom. The molecule has 0 aliphatic carbocycles. The first kappa shape index (κ1) is 22.8. The lowest BCUT2D eigenvalue weighted by molar-refractivity contribution is -0.132. The van der Waals surface area contributed by atoms with Crippen LogP contribution < -0.4 is 19.1 Å². The molecular formula is C24H21FN2O7. The lowest BCUT2D eigenvalue weighted by atomic mass is 9.94. The number of aliphatic hydroxyl groups is 1. The molecule has 1 unspecified atom stereocenters. The van der Waals surface area contributed by atoms with Crippen LogP contribution >= 0.6 is 0 Å². The van der Waals surface area contributed by atoms with Gasteiger partial charge < -0.3 is 23.8 Å². The zero-order valence-corrected chi connectivity index (χ0v) is 18.8. The fraction of sp³-hybridized carbons (Fsp3) is 0.208. The summed E-state index contributed by atoms with van der Waals surface area (Å²) in [5, 5.41) is 15.0. The van der Waals surface area contributed by atoms with Gasteiger partial charge >= 0.3 is 5.91 Å². The van der Waals surface area contributed by atoms with Gasteiger partial charge in [-0.15, -0.1) is 0 Å². The average molecular weight is 468 g/mol. The lowest BCUT2D eigenvalue weighted by Crippen LogP contribution is -2.29. The molecule has 1 amide bonds. The second-order valence-corrected chi connectivity index (χ2v) is 7.43. The smallest absolute Gasteiger partial charge is 0.301 e. The van der Waals surface area contributed by atoms with Gasteiger partial charge in [0.25, 0.3) is 5.78 Å². The highest BCUT2D eigenvalue weighted by molar-refractivity contribution is 6.51. The number of amides is 1. The second kappa shape index (κ2) is 8.89. The van der Waals surface area contributed by atoms with E-state index in [1.165, 1.54) is 39.5 Å². The van der Waals surface area contributed by atoms with Gasteiger partial charge in [-0.25, -0.2) is 4.39 Å². The van der Waals surface area contributed by atoms with Crippen LogP contribution in [0.15, 0.2) is 52.6 Å². The topological polar surface area (TPSA) is 111 Å². The van der Waals surface area contributed by atoms with E-state index in [2.05, 4.69) is 5.16 Å². The van der Waals surface area contributed by atoms with Crippen molar-refractivity contribution in [2.75, 3.05) is 26.2 Å².